The van der Waals surface area contributed by atoms with Crippen molar-refractivity contribution in [3.63, 3.8) is 0 Å². The second-order valence-electron chi connectivity index (χ2n) is 4.43. The highest BCUT2D eigenvalue weighted by Gasteiger charge is 2.21. The quantitative estimate of drug-likeness (QED) is 0.840. The molecule has 0 radical (unpaired) electrons. The minimum Gasteiger partial charge on any atom is -0.448 e. The van der Waals surface area contributed by atoms with E-state index in [2.05, 4.69) is 10.3 Å². The first kappa shape index (κ1) is 16.7. The van der Waals surface area contributed by atoms with Gasteiger partial charge >= 0.3 is 5.97 Å². The Hall–Kier alpha value is -1.63. The molecule has 0 aliphatic rings. The third kappa shape index (κ3) is 4.19. The standard InChI is InChI=1S/C14H12Cl2N2O3S/c1-7-3-4-11(22-7)14(20)21-8(2)13(19)18-12-10(16)5-9(15)6-17-12/h3-6,8H,1-2H3,(H,17,18,19). The number of carbonyl (C=O) groups is 2. The highest BCUT2D eigenvalue weighted by molar-refractivity contribution is 7.13. The van der Waals surface area contributed by atoms with E-state index in [1.54, 1.807) is 6.07 Å². The maximum atomic E-state index is 12.0. The van der Waals surface area contributed by atoms with Gasteiger partial charge in [0, 0.05) is 11.1 Å². The number of ether oxygens (including phenoxy) is 1. The molecule has 0 aliphatic carbocycles. The summed E-state index contributed by atoms with van der Waals surface area (Å²) in [6.45, 7) is 3.35. The Morgan fingerprint density at radius 1 is 1.36 bits per heavy atom. The van der Waals surface area contributed by atoms with Gasteiger partial charge in [0.05, 0.1) is 10.0 Å². The van der Waals surface area contributed by atoms with Crippen LogP contribution in [0.4, 0.5) is 5.82 Å². The summed E-state index contributed by atoms with van der Waals surface area (Å²) in [6, 6.07) is 4.92. The van der Waals surface area contributed by atoms with Crippen LogP contribution in [0.3, 0.4) is 0 Å². The molecule has 2 heterocycles. The van der Waals surface area contributed by atoms with Gasteiger partial charge in [0.25, 0.3) is 5.91 Å². The lowest BCUT2D eigenvalue weighted by Crippen LogP contribution is -2.30. The lowest BCUT2D eigenvalue weighted by Gasteiger charge is -2.13. The third-order valence-electron chi connectivity index (χ3n) is 2.64. The molecule has 5 nitrogen and oxygen atoms in total. The van der Waals surface area contributed by atoms with Gasteiger partial charge in [0.2, 0.25) is 0 Å². The molecule has 0 aliphatic heterocycles. The highest BCUT2D eigenvalue weighted by atomic mass is 35.5. The monoisotopic (exact) mass is 358 g/mol. The summed E-state index contributed by atoms with van der Waals surface area (Å²) < 4.78 is 5.11. The van der Waals surface area contributed by atoms with Gasteiger partial charge in [-0.2, -0.15) is 0 Å². The number of hydrogen-bond acceptors (Lipinski definition) is 5. The maximum absolute atomic E-state index is 12.0. The number of anilines is 1. The summed E-state index contributed by atoms with van der Waals surface area (Å²) in [6.07, 6.45) is 0.372. The molecular weight excluding hydrogens is 347 g/mol. The molecule has 0 fully saturated rings. The first-order chi connectivity index (χ1) is 10.4. The van der Waals surface area contributed by atoms with Crippen LogP contribution in [-0.4, -0.2) is 23.0 Å². The normalized spacial score (nSPS) is 11.8. The molecule has 1 atom stereocenters. The molecule has 2 aromatic rings. The molecule has 0 aromatic carbocycles. The average Bonchev–Trinajstić information content (AvgIpc) is 2.88. The topological polar surface area (TPSA) is 68.3 Å². The van der Waals surface area contributed by atoms with Crippen LogP contribution in [0.2, 0.25) is 10.0 Å². The van der Waals surface area contributed by atoms with Gasteiger partial charge in [-0.1, -0.05) is 23.2 Å². The van der Waals surface area contributed by atoms with Crippen LogP contribution < -0.4 is 5.32 Å². The van der Waals surface area contributed by atoms with Crippen LogP contribution in [0.15, 0.2) is 24.4 Å². The third-order valence-corrected chi connectivity index (χ3v) is 4.12. The number of hydrogen-bond donors (Lipinski definition) is 1. The highest BCUT2D eigenvalue weighted by Crippen LogP contribution is 2.23. The van der Waals surface area contributed by atoms with E-state index in [4.69, 9.17) is 27.9 Å². The number of aromatic nitrogens is 1. The number of nitrogens with one attached hydrogen (secondary N) is 1. The van der Waals surface area contributed by atoms with Crippen molar-refractivity contribution < 1.29 is 14.3 Å². The molecule has 0 spiro atoms. The predicted octanol–water partition coefficient (Wildman–Crippen LogP) is 3.94. The van der Waals surface area contributed by atoms with Gasteiger partial charge in [0.15, 0.2) is 11.9 Å². The molecule has 1 amide bonds. The van der Waals surface area contributed by atoms with Crippen molar-refractivity contribution in [2.45, 2.75) is 20.0 Å². The van der Waals surface area contributed by atoms with Crippen LogP contribution in [0.1, 0.15) is 21.5 Å². The zero-order chi connectivity index (χ0) is 16.3. The molecular formula is C14H12Cl2N2O3S. The minimum absolute atomic E-state index is 0.158. The molecule has 116 valence electrons. The molecule has 8 heteroatoms. The van der Waals surface area contributed by atoms with Gasteiger partial charge in [-0.15, -0.1) is 11.3 Å². The largest absolute Gasteiger partial charge is 0.448 e. The molecule has 0 saturated heterocycles. The first-order valence-corrected chi connectivity index (χ1v) is 7.83. The number of halogens is 2. The molecule has 22 heavy (non-hydrogen) atoms. The van der Waals surface area contributed by atoms with E-state index in [-0.39, 0.29) is 10.8 Å². The smallest absolute Gasteiger partial charge is 0.349 e. The number of carbonyl (C=O) groups excluding carboxylic acids is 2. The van der Waals surface area contributed by atoms with Crippen molar-refractivity contribution in [2.75, 3.05) is 5.32 Å². The summed E-state index contributed by atoms with van der Waals surface area (Å²) in [5, 5.41) is 3.04. The van der Waals surface area contributed by atoms with Crippen molar-refractivity contribution in [2.24, 2.45) is 0 Å². The summed E-state index contributed by atoms with van der Waals surface area (Å²) in [5.41, 5.74) is 0. The van der Waals surface area contributed by atoms with E-state index in [9.17, 15) is 9.59 Å². The fourth-order valence-electron chi connectivity index (χ4n) is 1.54. The van der Waals surface area contributed by atoms with Crippen molar-refractivity contribution in [1.82, 2.24) is 4.98 Å². The van der Waals surface area contributed by atoms with Gasteiger partial charge < -0.3 is 10.1 Å². The number of thiophene rings is 1. The summed E-state index contributed by atoms with van der Waals surface area (Å²) in [4.78, 5) is 29.2. The van der Waals surface area contributed by atoms with Crippen LogP contribution in [0, 0.1) is 6.92 Å². The van der Waals surface area contributed by atoms with Gasteiger partial charge in [-0.3, -0.25) is 4.79 Å². The maximum Gasteiger partial charge on any atom is 0.349 e. The Bertz CT molecular complexity index is 718. The Morgan fingerprint density at radius 2 is 2.09 bits per heavy atom. The number of amides is 1. The lowest BCUT2D eigenvalue weighted by atomic mass is 10.3. The summed E-state index contributed by atoms with van der Waals surface area (Å²) >= 11 is 12.9. The molecule has 1 N–H and O–H groups in total. The number of nitrogens with zero attached hydrogens (tertiary/aromatic N) is 1. The molecule has 2 aromatic heterocycles. The first-order valence-electron chi connectivity index (χ1n) is 6.26. The average molecular weight is 359 g/mol. The van der Waals surface area contributed by atoms with Crippen molar-refractivity contribution in [1.29, 1.82) is 0 Å². The van der Waals surface area contributed by atoms with E-state index in [1.807, 2.05) is 13.0 Å². The Kier molecular flexibility index (Phi) is 5.39. The number of aryl methyl sites for hydroxylation is 1. The Balaban J connectivity index is 1.98. The summed E-state index contributed by atoms with van der Waals surface area (Å²) in [7, 11) is 0. The molecule has 0 bridgehead atoms. The lowest BCUT2D eigenvalue weighted by molar-refractivity contribution is -0.123. The molecule has 2 rings (SSSR count). The Labute approximate surface area is 141 Å². The van der Waals surface area contributed by atoms with Crippen molar-refractivity contribution in [3.05, 3.63) is 44.2 Å². The number of esters is 1. The Morgan fingerprint density at radius 3 is 2.68 bits per heavy atom. The minimum atomic E-state index is -0.983. The molecule has 0 saturated carbocycles. The van der Waals surface area contributed by atoms with E-state index >= 15 is 0 Å². The zero-order valence-corrected chi connectivity index (χ0v) is 14.1. The van der Waals surface area contributed by atoms with E-state index in [0.29, 0.717) is 9.90 Å². The SMILES string of the molecule is Cc1ccc(C(=O)OC(C)C(=O)Nc2ncc(Cl)cc2Cl)s1. The van der Waals surface area contributed by atoms with Crippen LogP contribution in [0.5, 0.6) is 0 Å². The van der Waals surface area contributed by atoms with Gasteiger partial charge in [-0.05, 0) is 32.0 Å². The van der Waals surface area contributed by atoms with Gasteiger partial charge in [0.1, 0.15) is 4.88 Å². The number of pyridine rings is 1. The molecule has 1 unspecified atom stereocenters. The predicted molar refractivity (Wildman–Crippen MR) is 86.8 cm³/mol. The van der Waals surface area contributed by atoms with E-state index < -0.39 is 18.0 Å². The fraction of sp³-hybridized carbons (Fsp3) is 0.214. The van der Waals surface area contributed by atoms with E-state index in [1.165, 1.54) is 30.5 Å². The number of rotatable bonds is 4. The van der Waals surface area contributed by atoms with Crippen LogP contribution in [0.25, 0.3) is 0 Å². The fourth-order valence-corrected chi connectivity index (χ4v) is 2.72. The van der Waals surface area contributed by atoms with Crippen LogP contribution >= 0.6 is 34.5 Å². The summed E-state index contributed by atoms with van der Waals surface area (Å²) in [5.74, 6) is -0.916. The van der Waals surface area contributed by atoms with Crippen molar-refractivity contribution in [3.8, 4) is 0 Å². The zero-order valence-electron chi connectivity index (χ0n) is 11.7. The second kappa shape index (κ2) is 7.09. The van der Waals surface area contributed by atoms with E-state index in [0.717, 1.165) is 4.88 Å². The van der Waals surface area contributed by atoms with Crippen molar-refractivity contribution >= 4 is 52.2 Å². The van der Waals surface area contributed by atoms with Crippen LogP contribution in [-0.2, 0) is 9.53 Å². The second-order valence-corrected chi connectivity index (χ2v) is 6.56. The van der Waals surface area contributed by atoms with Gasteiger partial charge in [-0.25, -0.2) is 9.78 Å².